The first-order valence-corrected chi connectivity index (χ1v) is 6.50. The third kappa shape index (κ3) is 4.21. The fraction of sp³-hybridized carbons (Fsp3) is 0. The predicted molar refractivity (Wildman–Crippen MR) is 84.2 cm³/mol. The Labute approximate surface area is 130 Å². The molecule has 1 aromatic heterocycles. The quantitative estimate of drug-likeness (QED) is 0.448. The SMILES string of the molecule is O=C(NNC(=S)Nc1cccc([N+](=O)[O-])c1)c1ccccn1. The number of hydrogen-bond acceptors (Lipinski definition) is 5. The van der Waals surface area contributed by atoms with Gasteiger partial charge in [0.1, 0.15) is 5.69 Å². The van der Waals surface area contributed by atoms with Crippen LogP contribution in [-0.4, -0.2) is 20.9 Å². The first-order chi connectivity index (χ1) is 10.6. The summed E-state index contributed by atoms with van der Waals surface area (Å²) in [5.74, 6) is -0.455. The molecule has 0 unspecified atom stereocenters. The first kappa shape index (κ1) is 15.3. The van der Waals surface area contributed by atoms with E-state index in [0.29, 0.717) is 5.69 Å². The van der Waals surface area contributed by atoms with Crippen LogP contribution in [0.1, 0.15) is 10.5 Å². The molecule has 9 heteroatoms. The van der Waals surface area contributed by atoms with Crippen molar-refractivity contribution in [3.63, 3.8) is 0 Å². The average molecular weight is 317 g/mol. The van der Waals surface area contributed by atoms with Crippen LogP contribution in [-0.2, 0) is 0 Å². The molecule has 1 aromatic carbocycles. The second-order valence-electron chi connectivity index (χ2n) is 4.06. The molecule has 2 aromatic rings. The van der Waals surface area contributed by atoms with Crippen LogP contribution in [0.5, 0.6) is 0 Å². The van der Waals surface area contributed by atoms with Crippen LogP contribution in [0.25, 0.3) is 0 Å². The minimum atomic E-state index is -0.509. The fourth-order valence-corrected chi connectivity index (χ4v) is 1.70. The second-order valence-corrected chi connectivity index (χ2v) is 4.46. The number of thiocarbonyl (C=S) groups is 1. The molecule has 1 amide bonds. The molecule has 8 nitrogen and oxygen atoms in total. The van der Waals surface area contributed by atoms with Crippen molar-refractivity contribution in [2.45, 2.75) is 0 Å². The monoisotopic (exact) mass is 317 g/mol. The van der Waals surface area contributed by atoms with Crippen LogP contribution < -0.4 is 16.2 Å². The van der Waals surface area contributed by atoms with Gasteiger partial charge in [0, 0.05) is 24.0 Å². The Bertz CT molecular complexity index is 708. The lowest BCUT2D eigenvalue weighted by molar-refractivity contribution is -0.384. The van der Waals surface area contributed by atoms with E-state index in [1.165, 1.54) is 24.4 Å². The second kappa shape index (κ2) is 7.09. The van der Waals surface area contributed by atoms with Gasteiger partial charge < -0.3 is 5.32 Å². The predicted octanol–water partition coefficient (Wildman–Crippen LogP) is 1.62. The highest BCUT2D eigenvalue weighted by molar-refractivity contribution is 7.80. The smallest absolute Gasteiger partial charge is 0.288 e. The number of nitro groups is 1. The molecule has 0 radical (unpaired) electrons. The summed E-state index contributed by atoms with van der Waals surface area (Å²) in [6, 6.07) is 10.8. The number of carbonyl (C=O) groups is 1. The molecule has 0 atom stereocenters. The number of nitrogens with zero attached hydrogens (tertiary/aromatic N) is 2. The Morgan fingerprint density at radius 1 is 1.18 bits per heavy atom. The standard InChI is InChI=1S/C13H11N5O3S/c19-12(11-6-1-2-7-14-11)16-17-13(22)15-9-4-3-5-10(8-9)18(20)21/h1-8H,(H,16,19)(H2,15,17,22). The Morgan fingerprint density at radius 2 is 2.00 bits per heavy atom. The van der Waals surface area contributed by atoms with Crippen molar-refractivity contribution in [3.05, 3.63) is 64.5 Å². The van der Waals surface area contributed by atoms with Crippen LogP contribution in [0.15, 0.2) is 48.7 Å². The zero-order chi connectivity index (χ0) is 15.9. The molecule has 0 saturated carbocycles. The van der Waals surface area contributed by atoms with Crippen molar-refractivity contribution < 1.29 is 9.72 Å². The lowest BCUT2D eigenvalue weighted by Gasteiger charge is -2.11. The van der Waals surface area contributed by atoms with Gasteiger partial charge in [-0.2, -0.15) is 0 Å². The van der Waals surface area contributed by atoms with Gasteiger partial charge in [0.25, 0.3) is 11.6 Å². The van der Waals surface area contributed by atoms with E-state index in [-0.39, 0.29) is 16.5 Å². The summed E-state index contributed by atoms with van der Waals surface area (Å²) >= 11 is 4.99. The van der Waals surface area contributed by atoms with Gasteiger partial charge >= 0.3 is 0 Å². The van der Waals surface area contributed by atoms with Gasteiger partial charge in [-0.3, -0.25) is 30.7 Å². The van der Waals surface area contributed by atoms with Gasteiger partial charge in [-0.25, -0.2) is 0 Å². The zero-order valence-electron chi connectivity index (χ0n) is 11.1. The van der Waals surface area contributed by atoms with Crippen LogP contribution in [0.3, 0.4) is 0 Å². The molecule has 112 valence electrons. The van der Waals surface area contributed by atoms with Gasteiger partial charge in [-0.1, -0.05) is 12.1 Å². The number of non-ortho nitro benzene ring substituents is 1. The van der Waals surface area contributed by atoms with Crippen molar-refractivity contribution in [3.8, 4) is 0 Å². The van der Waals surface area contributed by atoms with Crippen molar-refractivity contribution >= 4 is 34.6 Å². The number of amides is 1. The van der Waals surface area contributed by atoms with E-state index >= 15 is 0 Å². The van der Waals surface area contributed by atoms with Crippen LogP contribution in [0.2, 0.25) is 0 Å². The maximum Gasteiger partial charge on any atom is 0.288 e. The summed E-state index contributed by atoms with van der Waals surface area (Å²) < 4.78 is 0. The Kier molecular flexibility index (Phi) is 4.94. The van der Waals surface area contributed by atoms with Crippen molar-refractivity contribution in [1.82, 2.24) is 15.8 Å². The molecule has 0 saturated heterocycles. The van der Waals surface area contributed by atoms with Crippen molar-refractivity contribution in [2.24, 2.45) is 0 Å². The number of anilines is 1. The minimum Gasteiger partial charge on any atom is -0.331 e. The summed E-state index contributed by atoms with van der Waals surface area (Å²) in [5.41, 5.74) is 5.45. The summed E-state index contributed by atoms with van der Waals surface area (Å²) in [4.78, 5) is 25.8. The number of hydrogen-bond donors (Lipinski definition) is 3. The van der Waals surface area contributed by atoms with Crippen molar-refractivity contribution in [2.75, 3.05) is 5.32 Å². The number of hydrazine groups is 1. The molecule has 2 rings (SSSR count). The molecule has 0 bridgehead atoms. The van der Waals surface area contributed by atoms with Crippen LogP contribution >= 0.6 is 12.2 Å². The largest absolute Gasteiger partial charge is 0.331 e. The fourth-order valence-electron chi connectivity index (χ4n) is 1.53. The Morgan fingerprint density at radius 3 is 2.68 bits per heavy atom. The van der Waals surface area contributed by atoms with Gasteiger partial charge in [-0.05, 0) is 30.4 Å². The number of carbonyl (C=O) groups excluding carboxylic acids is 1. The summed E-state index contributed by atoms with van der Waals surface area (Å²) in [6.07, 6.45) is 1.49. The molecule has 0 fully saturated rings. The van der Waals surface area contributed by atoms with E-state index in [4.69, 9.17) is 12.2 Å². The molecule has 0 aliphatic rings. The minimum absolute atomic E-state index is 0.0645. The number of aromatic nitrogens is 1. The third-order valence-electron chi connectivity index (χ3n) is 2.50. The molecular formula is C13H11N5O3S. The number of pyridine rings is 1. The normalized spacial score (nSPS) is 9.64. The van der Waals surface area contributed by atoms with Gasteiger partial charge in [0.15, 0.2) is 5.11 Å². The van der Waals surface area contributed by atoms with Crippen LogP contribution in [0, 0.1) is 10.1 Å². The van der Waals surface area contributed by atoms with Gasteiger partial charge in [0.2, 0.25) is 0 Å². The van der Waals surface area contributed by atoms with Gasteiger partial charge in [0.05, 0.1) is 4.92 Å². The topological polar surface area (TPSA) is 109 Å². The molecule has 0 aliphatic carbocycles. The summed E-state index contributed by atoms with van der Waals surface area (Å²) in [6.45, 7) is 0. The average Bonchev–Trinajstić information content (AvgIpc) is 2.53. The summed E-state index contributed by atoms with van der Waals surface area (Å²) in [7, 11) is 0. The first-order valence-electron chi connectivity index (χ1n) is 6.09. The highest BCUT2D eigenvalue weighted by Crippen LogP contribution is 2.16. The summed E-state index contributed by atoms with van der Waals surface area (Å²) in [5, 5.41) is 13.5. The molecular weight excluding hydrogens is 306 g/mol. The Hall–Kier alpha value is -3.07. The zero-order valence-corrected chi connectivity index (χ0v) is 12.0. The van der Waals surface area contributed by atoms with E-state index < -0.39 is 10.8 Å². The van der Waals surface area contributed by atoms with E-state index in [2.05, 4.69) is 21.2 Å². The molecule has 3 N–H and O–H groups in total. The lowest BCUT2D eigenvalue weighted by atomic mass is 10.3. The molecule has 1 heterocycles. The molecule has 0 aliphatic heterocycles. The number of rotatable bonds is 3. The highest BCUT2D eigenvalue weighted by Gasteiger charge is 2.08. The van der Waals surface area contributed by atoms with E-state index in [9.17, 15) is 14.9 Å². The van der Waals surface area contributed by atoms with E-state index in [0.717, 1.165) is 0 Å². The number of benzene rings is 1. The maximum atomic E-state index is 11.7. The highest BCUT2D eigenvalue weighted by atomic mass is 32.1. The van der Waals surface area contributed by atoms with Crippen LogP contribution in [0.4, 0.5) is 11.4 Å². The molecule has 22 heavy (non-hydrogen) atoms. The van der Waals surface area contributed by atoms with E-state index in [1.807, 2.05) is 0 Å². The number of nitro benzene ring substituents is 1. The van der Waals surface area contributed by atoms with Crippen molar-refractivity contribution in [1.29, 1.82) is 0 Å². The van der Waals surface area contributed by atoms with Gasteiger partial charge in [-0.15, -0.1) is 0 Å². The third-order valence-corrected chi connectivity index (χ3v) is 2.71. The Balaban J connectivity index is 1.89. The van der Waals surface area contributed by atoms with E-state index in [1.54, 1.807) is 24.3 Å². The number of nitrogens with one attached hydrogen (secondary N) is 3. The molecule has 0 spiro atoms. The maximum absolute atomic E-state index is 11.7. The lowest BCUT2D eigenvalue weighted by Crippen LogP contribution is -2.44.